The van der Waals surface area contributed by atoms with Crippen LogP contribution >= 0.6 is 0 Å². The number of para-hydroxylation sites is 2. The van der Waals surface area contributed by atoms with Crippen LogP contribution in [0.15, 0.2) is 48.6 Å². The Labute approximate surface area is 114 Å². The van der Waals surface area contributed by atoms with Crippen molar-refractivity contribution < 1.29 is 14.0 Å². The van der Waals surface area contributed by atoms with E-state index in [4.69, 9.17) is 14.0 Å². The maximum Gasteiger partial charge on any atom is 0.594 e. The largest absolute Gasteiger partial charge is 0.594 e. The van der Waals surface area contributed by atoms with Crippen molar-refractivity contribution >= 4 is 7.12 Å². The fraction of sp³-hybridized carbons (Fsp3) is 0.333. The molecule has 19 heavy (non-hydrogen) atoms. The Morgan fingerprint density at radius 2 is 1.74 bits per heavy atom. The van der Waals surface area contributed by atoms with E-state index < -0.39 is 0 Å². The molecule has 0 atom stereocenters. The molecular weight excluding hydrogens is 239 g/mol. The first-order valence-electron chi connectivity index (χ1n) is 6.77. The monoisotopic (exact) mass is 256 g/mol. The Bertz CT molecular complexity index is 447. The quantitative estimate of drug-likeness (QED) is 0.578. The predicted molar refractivity (Wildman–Crippen MR) is 75.5 cm³/mol. The van der Waals surface area contributed by atoms with Crippen LogP contribution in [0, 0.1) is 5.92 Å². The molecule has 3 rings (SSSR count). The lowest BCUT2D eigenvalue weighted by atomic mass is 9.83. The minimum absolute atomic E-state index is 0.160. The van der Waals surface area contributed by atoms with Crippen LogP contribution in [0.3, 0.4) is 0 Å². The minimum Gasteiger partial charge on any atom is -0.523 e. The van der Waals surface area contributed by atoms with Gasteiger partial charge in [-0.15, -0.1) is 0 Å². The van der Waals surface area contributed by atoms with Crippen LogP contribution in [0.2, 0.25) is 6.32 Å². The van der Waals surface area contributed by atoms with Gasteiger partial charge in [-0.1, -0.05) is 36.4 Å². The van der Waals surface area contributed by atoms with Crippen molar-refractivity contribution in [3.63, 3.8) is 0 Å². The molecule has 1 aliphatic carbocycles. The molecule has 0 unspecified atom stereocenters. The number of allylic oxidation sites excluding steroid dienone is 2. The van der Waals surface area contributed by atoms with Gasteiger partial charge < -0.3 is 14.0 Å². The summed E-state index contributed by atoms with van der Waals surface area (Å²) < 4.78 is 17.0. The first kappa shape index (κ1) is 12.4. The van der Waals surface area contributed by atoms with Crippen molar-refractivity contribution in [3.8, 4) is 11.5 Å². The summed E-state index contributed by atoms with van der Waals surface area (Å²) in [6.07, 6.45) is 10.2. The van der Waals surface area contributed by atoms with Crippen LogP contribution in [0.1, 0.15) is 6.42 Å². The Balaban J connectivity index is 1.31. The fourth-order valence-electron chi connectivity index (χ4n) is 2.23. The lowest BCUT2D eigenvalue weighted by Gasteiger charge is -2.08. The zero-order valence-electron chi connectivity index (χ0n) is 10.8. The van der Waals surface area contributed by atoms with E-state index in [0.717, 1.165) is 37.5 Å². The highest BCUT2D eigenvalue weighted by Gasteiger charge is 2.30. The van der Waals surface area contributed by atoms with Crippen LogP contribution in [0.5, 0.6) is 11.5 Å². The molecule has 3 nitrogen and oxygen atoms in total. The Kier molecular flexibility index (Phi) is 3.89. The lowest BCUT2D eigenvalue weighted by molar-refractivity contribution is 0.123. The van der Waals surface area contributed by atoms with E-state index in [9.17, 15) is 0 Å². The standard InChI is InChI=1S/C15H17BO3/c1-2-7-13(6-1)12-17-11-5-10-16-18-14-8-3-4-9-15(14)19-16/h1-4,6-9,13H,5,10-12H2. The summed E-state index contributed by atoms with van der Waals surface area (Å²) in [5.41, 5.74) is 0. The second-order valence-corrected chi connectivity index (χ2v) is 4.76. The molecule has 1 aliphatic heterocycles. The predicted octanol–water partition coefficient (Wildman–Crippen LogP) is 3.09. The van der Waals surface area contributed by atoms with Gasteiger partial charge in [0.1, 0.15) is 11.5 Å². The van der Waals surface area contributed by atoms with E-state index >= 15 is 0 Å². The van der Waals surface area contributed by atoms with Crippen molar-refractivity contribution in [3.05, 3.63) is 48.6 Å². The van der Waals surface area contributed by atoms with Gasteiger partial charge in [-0.25, -0.2) is 0 Å². The highest BCUT2D eigenvalue weighted by molar-refractivity contribution is 6.47. The summed E-state index contributed by atoms with van der Waals surface area (Å²) in [4.78, 5) is 0. The molecule has 0 aromatic heterocycles. The highest BCUT2D eigenvalue weighted by Crippen LogP contribution is 2.33. The summed E-state index contributed by atoms with van der Waals surface area (Å²) in [7, 11) is -0.160. The highest BCUT2D eigenvalue weighted by atomic mass is 16.6. The maximum atomic E-state index is 5.69. The number of fused-ring (bicyclic) bond motifs is 1. The molecule has 0 spiro atoms. The second-order valence-electron chi connectivity index (χ2n) is 4.76. The molecule has 1 aromatic rings. The van der Waals surface area contributed by atoms with Crippen LogP contribution in [0.4, 0.5) is 0 Å². The molecule has 0 fully saturated rings. The van der Waals surface area contributed by atoms with E-state index in [-0.39, 0.29) is 7.12 Å². The van der Waals surface area contributed by atoms with Gasteiger partial charge in [0, 0.05) is 18.8 Å². The van der Waals surface area contributed by atoms with Crippen LogP contribution in [0.25, 0.3) is 0 Å². The van der Waals surface area contributed by atoms with Crippen LogP contribution < -0.4 is 9.31 Å². The molecule has 0 amide bonds. The molecule has 0 N–H and O–H groups in total. The fourth-order valence-corrected chi connectivity index (χ4v) is 2.23. The molecule has 1 aromatic carbocycles. The molecule has 98 valence electrons. The van der Waals surface area contributed by atoms with Gasteiger partial charge in [-0.3, -0.25) is 0 Å². The summed E-state index contributed by atoms with van der Waals surface area (Å²) in [6, 6.07) is 7.78. The van der Waals surface area contributed by atoms with Crippen molar-refractivity contribution in [1.82, 2.24) is 0 Å². The van der Waals surface area contributed by atoms with Crippen molar-refractivity contribution in [2.75, 3.05) is 13.2 Å². The molecular formula is C15H17BO3. The number of hydrogen-bond donors (Lipinski definition) is 0. The molecule has 0 saturated carbocycles. The third-order valence-electron chi connectivity index (χ3n) is 3.23. The van der Waals surface area contributed by atoms with E-state index in [1.165, 1.54) is 0 Å². The molecule has 0 radical (unpaired) electrons. The Hall–Kier alpha value is -1.68. The van der Waals surface area contributed by atoms with Gasteiger partial charge in [0.25, 0.3) is 0 Å². The molecule has 1 heterocycles. The lowest BCUT2D eigenvalue weighted by Crippen LogP contribution is -2.24. The zero-order chi connectivity index (χ0) is 12.9. The first-order valence-corrected chi connectivity index (χ1v) is 6.77. The van der Waals surface area contributed by atoms with Gasteiger partial charge in [0.15, 0.2) is 0 Å². The van der Waals surface area contributed by atoms with Crippen LogP contribution in [-0.4, -0.2) is 20.3 Å². The van der Waals surface area contributed by atoms with Gasteiger partial charge in [-0.2, -0.15) is 0 Å². The summed E-state index contributed by atoms with van der Waals surface area (Å²) >= 11 is 0. The van der Waals surface area contributed by atoms with Gasteiger partial charge >= 0.3 is 7.12 Å². The maximum absolute atomic E-state index is 5.69. The second kappa shape index (κ2) is 5.98. The Morgan fingerprint density at radius 1 is 1.05 bits per heavy atom. The van der Waals surface area contributed by atoms with Gasteiger partial charge in [0.2, 0.25) is 0 Å². The number of ether oxygens (including phenoxy) is 1. The molecule has 0 bridgehead atoms. The van der Waals surface area contributed by atoms with Gasteiger partial charge in [-0.05, 0) is 18.6 Å². The summed E-state index contributed by atoms with van der Waals surface area (Å²) in [5, 5.41) is 0. The zero-order valence-corrected chi connectivity index (χ0v) is 10.8. The Morgan fingerprint density at radius 3 is 2.42 bits per heavy atom. The van der Waals surface area contributed by atoms with E-state index in [2.05, 4.69) is 24.3 Å². The molecule has 2 aliphatic rings. The SMILES string of the molecule is C1=CC(COCCCB2Oc3ccccc3O2)C=C1. The number of rotatable bonds is 6. The third kappa shape index (κ3) is 3.21. The average molecular weight is 256 g/mol. The van der Waals surface area contributed by atoms with Crippen molar-refractivity contribution in [1.29, 1.82) is 0 Å². The smallest absolute Gasteiger partial charge is 0.523 e. The van der Waals surface area contributed by atoms with E-state index in [1.807, 2.05) is 24.3 Å². The normalized spacial score (nSPS) is 16.5. The average Bonchev–Trinajstić information content (AvgIpc) is 3.06. The summed E-state index contributed by atoms with van der Waals surface area (Å²) in [5.74, 6) is 2.13. The number of hydrogen-bond acceptors (Lipinski definition) is 3. The van der Waals surface area contributed by atoms with Crippen LogP contribution in [-0.2, 0) is 4.74 Å². The van der Waals surface area contributed by atoms with E-state index in [1.54, 1.807) is 0 Å². The van der Waals surface area contributed by atoms with Crippen molar-refractivity contribution in [2.45, 2.75) is 12.7 Å². The molecule has 4 heteroatoms. The first-order chi connectivity index (χ1) is 9.42. The minimum atomic E-state index is -0.160. The summed E-state index contributed by atoms with van der Waals surface area (Å²) in [6.45, 7) is 1.51. The van der Waals surface area contributed by atoms with Crippen molar-refractivity contribution in [2.24, 2.45) is 5.92 Å². The topological polar surface area (TPSA) is 27.7 Å². The third-order valence-corrected chi connectivity index (χ3v) is 3.23. The molecule has 0 saturated heterocycles. The van der Waals surface area contributed by atoms with E-state index in [0.29, 0.717) is 5.92 Å². The van der Waals surface area contributed by atoms with Gasteiger partial charge in [0.05, 0.1) is 6.61 Å². The number of benzene rings is 1.